The van der Waals surface area contributed by atoms with Gasteiger partial charge in [-0.05, 0) is 23.8 Å². The van der Waals surface area contributed by atoms with Crippen LogP contribution in [0, 0.1) is 0 Å². The zero-order valence-corrected chi connectivity index (χ0v) is 16.4. The first-order valence-corrected chi connectivity index (χ1v) is 10.00. The second-order valence-electron chi connectivity index (χ2n) is 6.90. The van der Waals surface area contributed by atoms with E-state index in [0.29, 0.717) is 6.54 Å². The molecular weight excluding hydrogens is 364 g/mol. The molecule has 3 aromatic rings. The summed E-state index contributed by atoms with van der Waals surface area (Å²) in [4.78, 5) is 18.1. The molecule has 0 saturated carbocycles. The van der Waals surface area contributed by atoms with Gasteiger partial charge in [-0.15, -0.1) is 0 Å². The van der Waals surface area contributed by atoms with E-state index in [2.05, 4.69) is 37.2 Å². The van der Waals surface area contributed by atoms with Crippen LogP contribution < -0.4 is 10.2 Å². The monoisotopic (exact) mass is 390 g/mol. The Bertz CT molecular complexity index is 874. The van der Waals surface area contributed by atoms with Crippen molar-refractivity contribution >= 4 is 11.9 Å². The Morgan fingerprint density at radius 3 is 2.48 bits per heavy atom. The molecule has 0 radical (unpaired) electrons. The summed E-state index contributed by atoms with van der Waals surface area (Å²) in [7, 11) is 0. The molecule has 0 unspecified atom stereocenters. The lowest BCUT2D eigenvalue weighted by atomic mass is 10.2. The predicted molar refractivity (Wildman–Crippen MR) is 114 cm³/mol. The van der Waals surface area contributed by atoms with E-state index in [-0.39, 0.29) is 0 Å². The number of piperazine rings is 1. The highest BCUT2D eigenvalue weighted by atomic mass is 16.3. The Morgan fingerprint density at radius 2 is 1.76 bits per heavy atom. The van der Waals surface area contributed by atoms with Crippen LogP contribution in [-0.2, 0) is 13.0 Å². The number of furan rings is 1. The van der Waals surface area contributed by atoms with Crippen molar-refractivity contribution < 1.29 is 4.42 Å². The molecule has 150 valence electrons. The highest BCUT2D eigenvalue weighted by molar-refractivity contribution is 5.80. The van der Waals surface area contributed by atoms with Crippen LogP contribution in [0.1, 0.15) is 11.3 Å². The van der Waals surface area contributed by atoms with E-state index in [0.717, 1.165) is 56.8 Å². The van der Waals surface area contributed by atoms with Gasteiger partial charge in [0.1, 0.15) is 5.76 Å². The third kappa shape index (κ3) is 5.34. The quantitative estimate of drug-likeness (QED) is 0.515. The molecule has 1 N–H and O–H groups in total. The van der Waals surface area contributed by atoms with Crippen molar-refractivity contribution in [2.24, 2.45) is 4.99 Å². The molecular formula is C22H26N6O. The number of anilines is 1. The molecule has 0 spiro atoms. The SMILES string of the molecule is c1ccc(CN=C(NCCc2ccco2)N2CCN(c3ncccn3)CC2)cc1. The van der Waals surface area contributed by atoms with Crippen LogP contribution in [0.25, 0.3) is 0 Å². The van der Waals surface area contributed by atoms with E-state index < -0.39 is 0 Å². The van der Waals surface area contributed by atoms with Crippen molar-refractivity contribution in [3.05, 3.63) is 78.5 Å². The Hall–Kier alpha value is -3.35. The third-order valence-corrected chi connectivity index (χ3v) is 4.90. The highest BCUT2D eigenvalue weighted by Crippen LogP contribution is 2.10. The Balaban J connectivity index is 1.39. The summed E-state index contributed by atoms with van der Waals surface area (Å²) in [5.41, 5.74) is 1.20. The standard InChI is InChI=1S/C22H26N6O/c1-2-6-19(7-3-1)18-26-22(25-12-9-20-8-4-17-29-20)28-15-13-27(14-16-28)21-23-10-5-11-24-21/h1-8,10-11,17H,9,12-16,18H2,(H,25,26). The summed E-state index contributed by atoms with van der Waals surface area (Å²) < 4.78 is 5.44. The Labute approximate surface area is 171 Å². The average molecular weight is 390 g/mol. The molecule has 1 saturated heterocycles. The fourth-order valence-corrected chi connectivity index (χ4v) is 3.34. The first kappa shape index (κ1) is 19.0. The minimum atomic E-state index is 0.659. The minimum Gasteiger partial charge on any atom is -0.469 e. The first-order chi connectivity index (χ1) is 14.4. The summed E-state index contributed by atoms with van der Waals surface area (Å²) in [6.45, 7) is 4.93. The van der Waals surface area contributed by atoms with Crippen LogP contribution in [0.4, 0.5) is 5.95 Å². The topological polar surface area (TPSA) is 69.8 Å². The third-order valence-electron chi connectivity index (χ3n) is 4.90. The molecule has 2 aromatic heterocycles. The summed E-state index contributed by atoms with van der Waals surface area (Å²) in [6.07, 6.45) is 6.12. The number of rotatable bonds is 6. The Morgan fingerprint density at radius 1 is 0.966 bits per heavy atom. The molecule has 0 aliphatic carbocycles. The van der Waals surface area contributed by atoms with Crippen molar-refractivity contribution in [1.29, 1.82) is 0 Å². The molecule has 0 bridgehead atoms. The van der Waals surface area contributed by atoms with Gasteiger partial charge in [-0.3, -0.25) is 0 Å². The van der Waals surface area contributed by atoms with Crippen molar-refractivity contribution in [3.63, 3.8) is 0 Å². The van der Waals surface area contributed by atoms with Crippen molar-refractivity contribution in [2.75, 3.05) is 37.6 Å². The summed E-state index contributed by atoms with van der Waals surface area (Å²) >= 11 is 0. The van der Waals surface area contributed by atoms with Crippen LogP contribution >= 0.6 is 0 Å². The van der Waals surface area contributed by atoms with Crippen LogP contribution in [0.3, 0.4) is 0 Å². The first-order valence-electron chi connectivity index (χ1n) is 10.00. The van der Waals surface area contributed by atoms with Crippen molar-refractivity contribution in [2.45, 2.75) is 13.0 Å². The van der Waals surface area contributed by atoms with Gasteiger partial charge in [-0.2, -0.15) is 0 Å². The van der Waals surface area contributed by atoms with Crippen LogP contribution in [-0.4, -0.2) is 53.6 Å². The van der Waals surface area contributed by atoms with Gasteiger partial charge < -0.3 is 19.5 Å². The lowest BCUT2D eigenvalue weighted by Gasteiger charge is -2.36. The molecule has 3 heterocycles. The smallest absolute Gasteiger partial charge is 0.225 e. The summed E-state index contributed by atoms with van der Waals surface area (Å²) in [6, 6.07) is 16.1. The number of hydrogen-bond donors (Lipinski definition) is 1. The van der Waals surface area contributed by atoms with E-state index in [9.17, 15) is 0 Å². The minimum absolute atomic E-state index is 0.659. The van der Waals surface area contributed by atoms with Crippen LogP contribution in [0.5, 0.6) is 0 Å². The second kappa shape index (κ2) is 9.73. The van der Waals surface area contributed by atoms with E-state index in [1.807, 2.05) is 36.4 Å². The molecule has 1 fully saturated rings. The van der Waals surface area contributed by atoms with Crippen molar-refractivity contribution in [3.8, 4) is 0 Å². The van der Waals surface area contributed by atoms with Gasteiger partial charge in [0.05, 0.1) is 12.8 Å². The Kier molecular flexibility index (Phi) is 6.37. The molecule has 1 aliphatic heterocycles. The maximum atomic E-state index is 5.44. The number of hydrogen-bond acceptors (Lipinski definition) is 5. The molecule has 29 heavy (non-hydrogen) atoms. The molecule has 1 aromatic carbocycles. The van der Waals surface area contributed by atoms with Gasteiger partial charge in [0.15, 0.2) is 5.96 Å². The van der Waals surface area contributed by atoms with Gasteiger partial charge in [0.2, 0.25) is 5.95 Å². The highest BCUT2D eigenvalue weighted by Gasteiger charge is 2.21. The van der Waals surface area contributed by atoms with E-state index >= 15 is 0 Å². The number of aromatic nitrogens is 2. The van der Waals surface area contributed by atoms with Gasteiger partial charge in [-0.25, -0.2) is 15.0 Å². The maximum Gasteiger partial charge on any atom is 0.225 e. The van der Waals surface area contributed by atoms with Crippen LogP contribution in [0.15, 0.2) is 76.6 Å². The zero-order valence-electron chi connectivity index (χ0n) is 16.4. The van der Waals surface area contributed by atoms with E-state index in [1.165, 1.54) is 5.56 Å². The van der Waals surface area contributed by atoms with Gasteiger partial charge in [-0.1, -0.05) is 30.3 Å². The van der Waals surface area contributed by atoms with E-state index in [1.54, 1.807) is 18.7 Å². The molecule has 0 amide bonds. The summed E-state index contributed by atoms with van der Waals surface area (Å²) in [5, 5.41) is 3.52. The fourth-order valence-electron chi connectivity index (χ4n) is 3.34. The fraction of sp³-hybridized carbons (Fsp3) is 0.318. The van der Waals surface area contributed by atoms with Crippen LogP contribution in [0.2, 0.25) is 0 Å². The normalized spacial score (nSPS) is 14.8. The van der Waals surface area contributed by atoms with Gasteiger partial charge >= 0.3 is 0 Å². The van der Waals surface area contributed by atoms with Crippen molar-refractivity contribution in [1.82, 2.24) is 20.2 Å². The molecule has 1 aliphatic rings. The lowest BCUT2D eigenvalue weighted by Crippen LogP contribution is -2.53. The largest absolute Gasteiger partial charge is 0.469 e. The molecule has 7 heteroatoms. The molecule has 0 atom stereocenters. The number of nitrogens with zero attached hydrogens (tertiary/aromatic N) is 5. The second-order valence-corrected chi connectivity index (χ2v) is 6.90. The summed E-state index contributed by atoms with van der Waals surface area (Å²) in [5.74, 6) is 2.71. The number of benzene rings is 1. The number of aliphatic imine (C=N–C) groups is 1. The lowest BCUT2D eigenvalue weighted by molar-refractivity contribution is 0.368. The van der Waals surface area contributed by atoms with E-state index in [4.69, 9.17) is 9.41 Å². The zero-order chi connectivity index (χ0) is 19.7. The molecule has 7 nitrogen and oxygen atoms in total. The van der Waals surface area contributed by atoms with Gasteiger partial charge in [0, 0.05) is 51.5 Å². The maximum absolute atomic E-state index is 5.44. The van der Waals surface area contributed by atoms with Gasteiger partial charge in [0.25, 0.3) is 0 Å². The molecule has 4 rings (SSSR count). The number of nitrogens with one attached hydrogen (secondary N) is 1. The predicted octanol–water partition coefficient (Wildman–Crippen LogP) is 2.58. The number of guanidine groups is 1. The average Bonchev–Trinajstić information content (AvgIpc) is 3.31.